The van der Waals surface area contributed by atoms with Gasteiger partial charge in [0.05, 0.1) is 18.7 Å². The van der Waals surface area contributed by atoms with E-state index in [-0.39, 0.29) is 11.8 Å². The van der Waals surface area contributed by atoms with Crippen LogP contribution in [0.3, 0.4) is 0 Å². The van der Waals surface area contributed by atoms with Gasteiger partial charge in [0.2, 0.25) is 5.91 Å². The molecule has 1 heterocycles. The van der Waals surface area contributed by atoms with E-state index in [0.29, 0.717) is 40.8 Å². The van der Waals surface area contributed by atoms with Gasteiger partial charge in [-0.15, -0.1) is 0 Å². The molecule has 2 aromatic carbocycles. The number of benzene rings is 2. The van der Waals surface area contributed by atoms with Gasteiger partial charge >= 0.3 is 0 Å². The molecule has 7 heteroatoms. The Kier molecular flexibility index (Phi) is 5.86. The van der Waals surface area contributed by atoms with Crippen LogP contribution in [0.5, 0.6) is 11.5 Å². The summed E-state index contributed by atoms with van der Waals surface area (Å²) in [7, 11) is 1.49. The van der Waals surface area contributed by atoms with Crippen molar-refractivity contribution < 1.29 is 19.1 Å². The van der Waals surface area contributed by atoms with Crippen LogP contribution < -0.4 is 19.7 Å². The van der Waals surface area contributed by atoms with Crippen molar-refractivity contribution in [3.8, 4) is 11.5 Å². The normalized spacial score (nSPS) is 13.6. The van der Waals surface area contributed by atoms with Crippen LogP contribution in [0.1, 0.15) is 30.1 Å². The van der Waals surface area contributed by atoms with Gasteiger partial charge < -0.3 is 19.7 Å². The third kappa shape index (κ3) is 4.17. The Morgan fingerprint density at radius 2 is 2.00 bits per heavy atom. The lowest BCUT2D eigenvalue weighted by atomic mass is 10.1. The number of carbonyl (C=O) groups excluding carboxylic acids is 2. The number of anilines is 2. The minimum Gasteiger partial charge on any atom is -0.493 e. The van der Waals surface area contributed by atoms with Gasteiger partial charge in [0.1, 0.15) is 0 Å². The van der Waals surface area contributed by atoms with E-state index < -0.39 is 0 Å². The molecule has 0 radical (unpaired) electrons. The fourth-order valence-electron chi connectivity index (χ4n) is 2.98. The summed E-state index contributed by atoms with van der Waals surface area (Å²) < 4.78 is 10.7. The molecule has 6 nitrogen and oxygen atoms in total. The molecule has 27 heavy (non-hydrogen) atoms. The molecule has 0 atom stereocenters. The molecular formula is C20H21ClN2O4. The summed E-state index contributed by atoms with van der Waals surface area (Å²) >= 11 is 6.22. The van der Waals surface area contributed by atoms with Gasteiger partial charge in [0.15, 0.2) is 11.5 Å². The van der Waals surface area contributed by atoms with E-state index in [2.05, 4.69) is 5.32 Å². The first-order chi connectivity index (χ1) is 13.0. The average molecular weight is 389 g/mol. The third-order valence-electron chi connectivity index (χ3n) is 4.29. The van der Waals surface area contributed by atoms with Gasteiger partial charge in [-0.3, -0.25) is 9.59 Å². The Balaban J connectivity index is 1.75. The quantitative estimate of drug-likeness (QED) is 0.808. The zero-order chi connectivity index (χ0) is 19.4. The monoisotopic (exact) mass is 388 g/mol. The van der Waals surface area contributed by atoms with Crippen molar-refractivity contribution in [3.63, 3.8) is 0 Å². The number of carbonyl (C=O) groups is 2. The van der Waals surface area contributed by atoms with Gasteiger partial charge in [-0.2, -0.15) is 0 Å². The molecule has 3 rings (SSSR count). The Morgan fingerprint density at radius 3 is 2.59 bits per heavy atom. The van der Waals surface area contributed by atoms with Crippen LogP contribution in [0.15, 0.2) is 36.4 Å². The highest BCUT2D eigenvalue weighted by Gasteiger charge is 2.21. The Hall–Kier alpha value is -2.73. The van der Waals surface area contributed by atoms with Crippen LogP contribution in [-0.4, -0.2) is 32.1 Å². The molecule has 1 N–H and O–H groups in total. The number of nitrogens with zero attached hydrogens (tertiary/aromatic N) is 1. The predicted molar refractivity (Wildman–Crippen MR) is 105 cm³/mol. The molecule has 1 aliphatic rings. The average Bonchev–Trinajstić information content (AvgIpc) is 3.09. The summed E-state index contributed by atoms with van der Waals surface area (Å²) in [6.45, 7) is 3.01. The smallest absolute Gasteiger partial charge is 0.255 e. The maximum absolute atomic E-state index is 12.6. The molecule has 1 aliphatic heterocycles. The first-order valence-corrected chi connectivity index (χ1v) is 9.13. The SMILES string of the molecule is CCOc1c(Cl)cc(C(=O)Nc2ccc(N3CCCC3=O)cc2)cc1OC. The Bertz CT molecular complexity index is 852. The number of methoxy groups -OCH3 is 1. The maximum atomic E-state index is 12.6. The van der Waals surface area contributed by atoms with Crippen LogP contribution in [0.2, 0.25) is 5.02 Å². The number of nitrogens with one attached hydrogen (secondary N) is 1. The van der Waals surface area contributed by atoms with Crippen molar-refractivity contribution in [1.29, 1.82) is 0 Å². The second kappa shape index (κ2) is 8.31. The fraction of sp³-hybridized carbons (Fsp3) is 0.300. The molecule has 0 aliphatic carbocycles. The lowest BCUT2D eigenvalue weighted by Crippen LogP contribution is -2.23. The first-order valence-electron chi connectivity index (χ1n) is 8.75. The largest absolute Gasteiger partial charge is 0.493 e. The van der Waals surface area contributed by atoms with E-state index in [9.17, 15) is 9.59 Å². The molecule has 142 valence electrons. The number of rotatable bonds is 6. The van der Waals surface area contributed by atoms with Gasteiger partial charge in [0.25, 0.3) is 5.91 Å². The topological polar surface area (TPSA) is 67.9 Å². The summed E-state index contributed by atoms with van der Waals surface area (Å²) in [5, 5.41) is 3.13. The van der Waals surface area contributed by atoms with E-state index >= 15 is 0 Å². The predicted octanol–water partition coefficient (Wildman–Crippen LogP) is 4.13. The number of amides is 2. The summed E-state index contributed by atoms with van der Waals surface area (Å²) in [6, 6.07) is 10.3. The summed E-state index contributed by atoms with van der Waals surface area (Å²) in [5.74, 6) is 0.626. The van der Waals surface area contributed by atoms with Crippen LogP contribution >= 0.6 is 11.6 Å². The van der Waals surface area contributed by atoms with E-state index in [0.717, 1.165) is 18.7 Å². The summed E-state index contributed by atoms with van der Waals surface area (Å²) in [5.41, 5.74) is 1.82. The number of hydrogen-bond donors (Lipinski definition) is 1. The van der Waals surface area contributed by atoms with Crippen molar-refractivity contribution in [3.05, 3.63) is 47.0 Å². The van der Waals surface area contributed by atoms with Crippen molar-refractivity contribution >= 4 is 34.8 Å². The second-order valence-electron chi connectivity index (χ2n) is 6.07. The lowest BCUT2D eigenvalue weighted by Gasteiger charge is -2.16. The Labute approximate surface area is 163 Å². The van der Waals surface area contributed by atoms with E-state index in [1.807, 2.05) is 19.1 Å². The highest BCUT2D eigenvalue weighted by atomic mass is 35.5. The minimum atomic E-state index is -0.316. The lowest BCUT2D eigenvalue weighted by molar-refractivity contribution is -0.117. The van der Waals surface area contributed by atoms with Gasteiger partial charge in [-0.25, -0.2) is 0 Å². The van der Waals surface area contributed by atoms with Gasteiger partial charge in [-0.05, 0) is 49.7 Å². The van der Waals surface area contributed by atoms with Crippen LogP contribution in [-0.2, 0) is 4.79 Å². The molecule has 0 unspecified atom stereocenters. The van der Waals surface area contributed by atoms with Crippen molar-refractivity contribution in [1.82, 2.24) is 0 Å². The van der Waals surface area contributed by atoms with Crippen LogP contribution in [0.4, 0.5) is 11.4 Å². The minimum absolute atomic E-state index is 0.128. The number of hydrogen-bond acceptors (Lipinski definition) is 4. The van der Waals surface area contributed by atoms with E-state index in [4.69, 9.17) is 21.1 Å². The van der Waals surface area contributed by atoms with Crippen molar-refractivity contribution in [2.45, 2.75) is 19.8 Å². The molecule has 2 amide bonds. The molecule has 2 aromatic rings. The fourth-order valence-corrected chi connectivity index (χ4v) is 3.25. The molecule has 0 aromatic heterocycles. The molecule has 1 fully saturated rings. The number of ether oxygens (including phenoxy) is 2. The van der Waals surface area contributed by atoms with Crippen molar-refractivity contribution in [2.75, 3.05) is 30.5 Å². The summed E-state index contributed by atoms with van der Waals surface area (Å²) in [6.07, 6.45) is 1.45. The third-order valence-corrected chi connectivity index (χ3v) is 4.57. The highest BCUT2D eigenvalue weighted by molar-refractivity contribution is 6.32. The molecule has 0 bridgehead atoms. The van der Waals surface area contributed by atoms with Gasteiger partial charge in [-0.1, -0.05) is 11.6 Å². The highest BCUT2D eigenvalue weighted by Crippen LogP contribution is 2.36. The standard InChI is InChI=1S/C20H21ClN2O4/c1-3-27-19-16(21)11-13(12-17(19)26-2)20(25)22-14-6-8-15(9-7-14)23-10-4-5-18(23)24/h6-9,11-12H,3-5,10H2,1-2H3,(H,22,25). The zero-order valence-electron chi connectivity index (χ0n) is 15.3. The molecule has 1 saturated heterocycles. The first kappa shape index (κ1) is 19.0. The maximum Gasteiger partial charge on any atom is 0.255 e. The summed E-state index contributed by atoms with van der Waals surface area (Å²) in [4.78, 5) is 26.1. The Morgan fingerprint density at radius 1 is 1.26 bits per heavy atom. The number of halogens is 1. The van der Waals surface area contributed by atoms with E-state index in [1.54, 1.807) is 29.2 Å². The van der Waals surface area contributed by atoms with E-state index in [1.165, 1.54) is 7.11 Å². The van der Waals surface area contributed by atoms with Crippen LogP contribution in [0.25, 0.3) is 0 Å². The molecule has 0 spiro atoms. The van der Waals surface area contributed by atoms with Gasteiger partial charge in [0, 0.05) is 29.9 Å². The zero-order valence-corrected chi connectivity index (χ0v) is 16.0. The van der Waals surface area contributed by atoms with Crippen LogP contribution in [0, 0.1) is 0 Å². The van der Waals surface area contributed by atoms with Crippen molar-refractivity contribution in [2.24, 2.45) is 0 Å². The second-order valence-corrected chi connectivity index (χ2v) is 6.48. The molecule has 0 saturated carbocycles. The molecular weight excluding hydrogens is 368 g/mol.